The molecule has 2 aliphatic carbocycles. The number of fused-ring (bicyclic) bond motifs is 1. The molecule has 0 spiro atoms. The SMILES string of the molecule is O=c1c(-c2cccc(F)c2)cc2c(n1CC1CC1)CCCC2. The minimum Gasteiger partial charge on any atom is -0.312 e. The van der Waals surface area contributed by atoms with Crippen LogP contribution in [0.15, 0.2) is 35.1 Å². The molecule has 0 amide bonds. The minimum atomic E-state index is -0.289. The molecular formula is C19H20FNO. The normalized spacial score (nSPS) is 17.3. The third kappa shape index (κ3) is 2.49. The molecule has 4 rings (SSSR count). The predicted molar refractivity (Wildman–Crippen MR) is 85.5 cm³/mol. The number of hydrogen-bond donors (Lipinski definition) is 0. The number of halogens is 1. The van der Waals surface area contributed by atoms with Gasteiger partial charge in [0, 0.05) is 17.8 Å². The maximum Gasteiger partial charge on any atom is 0.258 e. The highest BCUT2D eigenvalue weighted by Crippen LogP contribution is 2.32. The molecule has 2 aliphatic rings. The summed E-state index contributed by atoms with van der Waals surface area (Å²) in [6.45, 7) is 0.838. The zero-order chi connectivity index (χ0) is 15.1. The van der Waals surface area contributed by atoms with Crippen LogP contribution >= 0.6 is 0 Å². The lowest BCUT2D eigenvalue weighted by atomic mass is 9.92. The lowest BCUT2D eigenvalue weighted by Crippen LogP contribution is -2.28. The van der Waals surface area contributed by atoms with Gasteiger partial charge in [-0.2, -0.15) is 0 Å². The first-order valence-electron chi connectivity index (χ1n) is 8.24. The average molecular weight is 297 g/mol. The highest BCUT2D eigenvalue weighted by Gasteiger charge is 2.26. The van der Waals surface area contributed by atoms with Gasteiger partial charge in [-0.15, -0.1) is 0 Å². The van der Waals surface area contributed by atoms with Crippen LogP contribution in [0.25, 0.3) is 11.1 Å². The van der Waals surface area contributed by atoms with Gasteiger partial charge < -0.3 is 4.57 Å². The average Bonchev–Trinajstić information content (AvgIpc) is 3.34. The van der Waals surface area contributed by atoms with Crippen molar-refractivity contribution in [2.24, 2.45) is 5.92 Å². The Morgan fingerprint density at radius 1 is 1.14 bits per heavy atom. The Morgan fingerprint density at radius 2 is 1.95 bits per heavy atom. The Labute approximate surface area is 129 Å². The van der Waals surface area contributed by atoms with Crippen molar-refractivity contribution in [3.8, 4) is 11.1 Å². The largest absolute Gasteiger partial charge is 0.312 e. The van der Waals surface area contributed by atoms with Crippen molar-refractivity contribution < 1.29 is 4.39 Å². The van der Waals surface area contributed by atoms with E-state index in [4.69, 9.17) is 0 Å². The molecule has 114 valence electrons. The number of aromatic nitrogens is 1. The number of aryl methyl sites for hydroxylation is 1. The van der Waals surface area contributed by atoms with Crippen LogP contribution in [0, 0.1) is 11.7 Å². The summed E-state index contributed by atoms with van der Waals surface area (Å²) in [5.74, 6) is 0.370. The van der Waals surface area contributed by atoms with Crippen molar-refractivity contribution in [2.75, 3.05) is 0 Å². The molecule has 22 heavy (non-hydrogen) atoms. The van der Waals surface area contributed by atoms with Gasteiger partial charge in [-0.1, -0.05) is 12.1 Å². The fraction of sp³-hybridized carbons (Fsp3) is 0.421. The number of rotatable bonds is 3. The molecule has 0 aliphatic heterocycles. The topological polar surface area (TPSA) is 22.0 Å². The first kappa shape index (κ1) is 13.7. The summed E-state index contributed by atoms with van der Waals surface area (Å²) in [4.78, 5) is 13.0. The second-order valence-corrected chi connectivity index (χ2v) is 6.61. The second kappa shape index (κ2) is 5.38. The Morgan fingerprint density at radius 3 is 2.73 bits per heavy atom. The van der Waals surface area contributed by atoms with Crippen LogP contribution in [0.2, 0.25) is 0 Å². The Kier molecular flexibility index (Phi) is 3.36. The molecule has 0 saturated heterocycles. The van der Waals surface area contributed by atoms with Crippen LogP contribution in [0.4, 0.5) is 4.39 Å². The van der Waals surface area contributed by atoms with Crippen LogP contribution in [0.3, 0.4) is 0 Å². The summed E-state index contributed by atoms with van der Waals surface area (Å²) in [7, 11) is 0. The highest BCUT2D eigenvalue weighted by atomic mass is 19.1. The van der Waals surface area contributed by atoms with Crippen molar-refractivity contribution in [3.63, 3.8) is 0 Å². The molecule has 0 unspecified atom stereocenters. The van der Waals surface area contributed by atoms with Gasteiger partial charge >= 0.3 is 0 Å². The third-order valence-electron chi connectivity index (χ3n) is 4.87. The summed E-state index contributed by atoms with van der Waals surface area (Å²) in [6, 6.07) is 8.40. The van der Waals surface area contributed by atoms with Gasteiger partial charge in [-0.25, -0.2) is 4.39 Å². The molecule has 1 fully saturated rings. The fourth-order valence-corrected chi connectivity index (χ4v) is 3.50. The smallest absolute Gasteiger partial charge is 0.258 e. The summed E-state index contributed by atoms with van der Waals surface area (Å²) >= 11 is 0. The molecule has 1 saturated carbocycles. The van der Waals surface area contributed by atoms with Crippen molar-refractivity contribution in [2.45, 2.75) is 45.1 Å². The van der Waals surface area contributed by atoms with Gasteiger partial charge in [0.25, 0.3) is 5.56 Å². The van der Waals surface area contributed by atoms with Crippen LogP contribution in [-0.2, 0) is 19.4 Å². The molecule has 0 radical (unpaired) electrons. The zero-order valence-electron chi connectivity index (χ0n) is 12.6. The Balaban J connectivity index is 1.89. The van der Waals surface area contributed by atoms with E-state index in [-0.39, 0.29) is 11.4 Å². The maximum absolute atomic E-state index is 13.5. The molecule has 2 nitrogen and oxygen atoms in total. The van der Waals surface area contributed by atoms with Gasteiger partial charge in [-0.05, 0) is 73.8 Å². The van der Waals surface area contributed by atoms with Crippen LogP contribution in [-0.4, -0.2) is 4.57 Å². The second-order valence-electron chi connectivity index (χ2n) is 6.61. The Hall–Kier alpha value is -1.90. The number of nitrogens with zero attached hydrogens (tertiary/aromatic N) is 1. The minimum absolute atomic E-state index is 0.0538. The van der Waals surface area contributed by atoms with E-state index in [0.29, 0.717) is 17.0 Å². The highest BCUT2D eigenvalue weighted by molar-refractivity contribution is 5.63. The van der Waals surface area contributed by atoms with Crippen molar-refractivity contribution in [1.29, 1.82) is 0 Å². The van der Waals surface area contributed by atoms with Gasteiger partial charge in [0.1, 0.15) is 5.82 Å². The van der Waals surface area contributed by atoms with Crippen LogP contribution < -0.4 is 5.56 Å². The van der Waals surface area contributed by atoms with E-state index in [0.717, 1.165) is 25.8 Å². The third-order valence-corrected chi connectivity index (χ3v) is 4.87. The summed E-state index contributed by atoms with van der Waals surface area (Å²) < 4.78 is 15.5. The van der Waals surface area contributed by atoms with E-state index in [9.17, 15) is 9.18 Å². The van der Waals surface area contributed by atoms with Crippen molar-refractivity contribution in [3.05, 3.63) is 57.8 Å². The van der Waals surface area contributed by atoms with E-state index in [1.807, 2.05) is 16.7 Å². The summed E-state index contributed by atoms with van der Waals surface area (Å²) in [5.41, 5.74) is 3.91. The van der Waals surface area contributed by atoms with Crippen molar-refractivity contribution >= 4 is 0 Å². The molecule has 0 atom stereocenters. The number of benzene rings is 1. The number of hydrogen-bond acceptors (Lipinski definition) is 1. The quantitative estimate of drug-likeness (QED) is 0.841. The summed E-state index contributed by atoms with van der Waals surface area (Å²) in [5, 5.41) is 0. The van der Waals surface area contributed by atoms with Gasteiger partial charge in [0.05, 0.1) is 0 Å². The van der Waals surface area contributed by atoms with E-state index in [1.165, 1.54) is 42.7 Å². The predicted octanol–water partition coefficient (Wildman–Crippen LogP) is 3.94. The molecule has 0 N–H and O–H groups in total. The standard InChI is InChI=1S/C19H20FNO/c20-16-6-3-5-14(10-16)17-11-15-4-1-2-7-18(15)21(19(17)22)12-13-8-9-13/h3,5-6,10-11,13H,1-2,4,7-9,12H2. The van der Waals surface area contributed by atoms with Crippen molar-refractivity contribution in [1.82, 2.24) is 4.57 Å². The summed E-state index contributed by atoms with van der Waals surface area (Å²) in [6.07, 6.45) is 6.83. The molecule has 2 aromatic rings. The fourth-order valence-electron chi connectivity index (χ4n) is 3.50. The molecule has 3 heteroatoms. The lowest BCUT2D eigenvalue weighted by molar-refractivity contribution is 0.543. The Bertz CT molecular complexity index is 773. The maximum atomic E-state index is 13.5. The lowest BCUT2D eigenvalue weighted by Gasteiger charge is -2.22. The van der Waals surface area contributed by atoms with Crippen LogP contribution in [0.1, 0.15) is 36.9 Å². The zero-order valence-corrected chi connectivity index (χ0v) is 12.6. The van der Waals surface area contributed by atoms with Crippen LogP contribution in [0.5, 0.6) is 0 Å². The monoisotopic (exact) mass is 297 g/mol. The van der Waals surface area contributed by atoms with E-state index >= 15 is 0 Å². The van der Waals surface area contributed by atoms with Gasteiger partial charge in [0.15, 0.2) is 0 Å². The first-order chi connectivity index (χ1) is 10.7. The van der Waals surface area contributed by atoms with E-state index < -0.39 is 0 Å². The molecule has 1 aromatic heterocycles. The van der Waals surface area contributed by atoms with E-state index in [1.54, 1.807) is 6.07 Å². The first-order valence-corrected chi connectivity index (χ1v) is 8.24. The number of pyridine rings is 1. The molecule has 1 heterocycles. The van der Waals surface area contributed by atoms with E-state index in [2.05, 4.69) is 0 Å². The van der Waals surface area contributed by atoms with Gasteiger partial charge in [-0.3, -0.25) is 4.79 Å². The molecular weight excluding hydrogens is 277 g/mol. The van der Waals surface area contributed by atoms with Gasteiger partial charge in [0.2, 0.25) is 0 Å². The molecule has 0 bridgehead atoms. The molecule has 1 aromatic carbocycles.